The number of nitrogens with two attached hydrogens (primary N) is 1. The Bertz CT molecular complexity index is 1280. The molecule has 268 valence electrons. The van der Waals surface area contributed by atoms with Crippen molar-refractivity contribution in [2.45, 2.75) is 138 Å². The number of urea groups is 1. The fourth-order valence-electron chi connectivity index (χ4n) is 8.00. The fourth-order valence-corrected chi connectivity index (χ4v) is 16.0. The maximum atomic E-state index is 14.6. The third-order valence-electron chi connectivity index (χ3n) is 11.0. The predicted molar refractivity (Wildman–Crippen MR) is 196 cm³/mol. The van der Waals surface area contributed by atoms with E-state index < -0.39 is 60.6 Å². The van der Waals surface area contributed by atoms with Crippen LogP contribution < -0.4 is 21.7 Å². The van der Waals surface area contributed by atoms with E-state index in [9.17, 15) is 24.0 Å². The number of nitrogens with zero attached hydrogens (tertiary/aromatic N) is 2. The zero-order valence-electron chi connectivity index (χ0n) is 29.3. The van der Waals surface area contributed by atoms with Gasteiger partial charge < -0.3 is 0 Å². The molecule has 2 saturated carbocycles. The second kappa shape index (κ2) is 15.6. The van der Waals surface area contributed by atoms with Crippen LogP contribution in [0.15, 0.2) is 17.1 Å². The van der Waals surface area contributed by atoms with E-state index in [0.29, 0.717) is 13.0 Å². The summed E-state index contributed by atoms with van der Waals surface area (Å²) in [7, 11) is 0. The Balaban J connectivity index is 1.35. The van der Waals surface area contributed by atoms with Gasteiger partial charge in [-0.1, -0.05) is 13.0 Å². The van der Waals surface area contributed by atoms with Gasteiger partial charge in [-0.3, -0.25) is 0 Å². The first-order chi connectivity index (χ1) is 22.8. The third kappa shape index (κ3) is 8.98. The van der Waals surface area contributed by atoms with Crippen LogP contribution in [0.3, 0.4) is 0 Å². The quantitative estimate of drug-likeness (QED) is 0.133. The molecule has 5 rings (SSSR count). The van der Waals surface area contributed by atoms with Crippen LogP contribution >= 0.6 is 19.8 Å². The topological polar surface area (TPSA) is 163 Å². The first-order valence-corrected chi connectivity index (χ1v) is 22.4. The molecule has 48 heavy (non-hydrogen) atoms. The Labute approximate surface area is 293 Å². The van der Waals surface area contributed by atoms with Crippen molar-refractivity contribution in [3.05, 3.63) is 12.2 Å². The van der Waals surface area contributed by atoms with Crippen LogP contribution in [0, 0.1) is 17.3 Å². The van der Waals surface area contributed by atoms with E-state index >= 15 is 0 Å². The molecule has 3 aliphatic heterocycles. The molecule has 0 spiro atoms. The van der Waals surface area contributed by atoms with E-state index in [0.717, 1.165) is 79.5 Å². The average Bonchev–Trinajstić information content (AvgIpc) is 3.48. The number of allylic oxidation sites excluding steroid dienone is 1. The van der Waals surface area contributed by atoms with Crippen molar-refractivity contribution in [2.75, 3.05) is 15.4 Å². The van der Waals surface area contributed by atoms with E-state index in [1.165, 1.54) is 0 Å². The molecule has 3 heterocycles. The second-order valence-corrected chi connectivity index (χ2v) is 22.5. The van der Waals surface area contributed by atoms with Gasteiger partial charge in [0, 0.05) is 6.21 Å². The van der Waals surface area contributed by atoms with Crippen molar-refractivity contribution < 1.29 is 24.0 Å². The normalized spacial score (nSPS) is 28.8. The fraction of sp³-hybridized carbons (Fsp3) is 0.778. The summed E-state index contributed by atoms with van der Waals surface area (Å²) in [4.78, 5) is 73.8. The molecule has 6 atom stereocenters. The molecule has 12 heteroatoms. The van der Waals surface area contributed by atoms with Gasteiger partial charge in [0.05, 0.1) is 0 Å². The van der Waals surface area contributed by atoms with E-state index in [4.69, 9.17) is 10.7 Å². The number of dihydropyridines is 1. The number of rotatable bonds is 12. The van der Waals surface area contributed by atoms with Crippen molar-refractivity contribution in [2.24, 2.45) is 28.0 Å². The van der Waals surface area contributed by atoms with Gasteiger partial charge in [0.25, 0.3) is 0 Å². The summed E-state index contributed by atoms with van der Waals surface area (Å²) in [6.45, 7) is 8.39. The molecule has 0 aromatic heterocycles. The van der Waals surface area contributed by atoms with Crippen molar-refractivity contribution in [3.63, 3.8) is 0 Å². The number of hydrogen-bond donors (Lipinski definition) is 4. The number of nitrogens with one attached hydrogen (secondary N) is 3. The van der Waals surface area contributed by atoms with Gasteiger partial charge in [-0.25, -0.2) is 0 Å². The summed E-state index contributed by atoms with van der Waals surface area (Å²) in [5, 5.41) is 9.31. The molecule has 3 unspecified atom stereocenters. The van der Waals surface area contributed by atoms with Gasteiger partial charge in [0.15, 0.2) is 0 Å². The van der Waals surface area contributed by atoms with Crippen LogP contribution in [0.25, 0.3) is 0 Å². The molecule has 0 bridgehead atoms. The molecular weight excluding hydrogens is 723 g/mol. The van der Waals surface area contributed by atoms with Gasteiger partial charge in [0.1, 0.15) is 0 Å². The van der Waals surface area contributed by atoms with Gasteiger partial charge in [-0.05, 0) is 6.08 Å². The summed E-state index contributed by atoms with van der Waals surface area (Å²) >= 11 is -1.55. The van der Waals surface area contributed by atoms with Gasteiger partial charge in [-0.2, -0.15) is 0 Å². The number of alkyl halides is 3. The minimum atomic E-state index is -1.55. The summed E-state index contributed by atoms with van der Waals surface area (Å²) in [5.41, 5.74) is 4.34. The molecule has 2 saturated heterocycles. The molecule has 5 N–H and O–H groups in total. The number of carbonyl (C=O) groups excluding carboxylic acids is 5. The Morgan fingerprint density at radius 2 is 1.69 bits per heavy atom. The molecule has 5 aliphatic rings. The van der Waals surface area contributed by atoms with Crippen molar-refractivity contribution in [1.29, 1.82) is 0 Å². The van der Waals surface area contributed by atoms with Crippen LogP contribution in [0.5, 0.6) is 0 Å². The Morgan fingerprint density at radius 1 is 1.00 bits per heavy atom. The van der Waals surface area contributed by atoms with Crippen molar-refractivity contribution >= 4 is 55.6 Å². The standard InChI is InChI=1S/C36H57IN6O5/c1-23-11-10-19-39-27(23)22-36(15-6-5-7-16-36)42-34(48)41-30(35(2,3)4)33(47)43-20-14-25(37-17-8-9-18-37)28(43)32(46)40-26(21-24-12-13-24)29(44)31(38)45/h10-11,19,23-28,30H,5-9,12-18,20-22H2,1-4H3,(H2,38,45)(H,40,46)(H2,41,42,48)/t23?,25-,26?,27?,28-,30+/m0/s1. The summed E-state index contributed by atoms with van der Waals surface area (Å²) < 4.78 is 2.39. The summed E-state index contributed by atoms with van der Waals surface area (Å²) in [6.07, 6.45) is 17.0. The van der Waals surface area contributed by atoms with E-state index in [2.05, 4.69) is 29.0 Å². The van der Waals surface area contributed by atoms with Crippen LogP contribution in [-0.2, 0) is 19.2 Å². The molecule has 0 radical (unpaired) electrons. The number of hydrogen-bond acceptors (Lipinski definition) is 6. The number of amides is 5. The molecule has 11 nitrogen and oxygen atoms in total. The number of primary amides is 1. The number of likely N-dealkylation sites (tertiary alicyclic amines) is 1. The van der Waals surface area contributed by atoms with Gasteiger partial charge >= 0.3 is 269 Å². The van der Waals surface area contributed by atoms with E-state index in [1.54, 1.807) is 4.90 Å². The van der Waals surface area contributed by atoms with Crippen LogP contribution in [-0.4, -0.2) is 89.7 Å². The zero-order valence-corrected chi connectivity index (χ0v) is 31.4. The molecule has 5 amide bonds. The summed E-state index contributed by atoms with van der Waals surface area (Å²) in [5.74, 6) is -1.92. The van der Waals surface area contributed by atoms with E-state index in [-0.39, 0.29) is 39.6 Å². The average molecular weight is 781 g/mol. The Kier molecular flexibility index (Phi) is 11.9. The number of carbonyl (C=O) groups is 5. The Hall–Kier alpha value is -2.51. The Morgan fingerprint density at radius 3 is 2.29 bits per heavy atom. The predicted octanol–water partition coefficient (Wildman–Crippen LogP) is 4.05. The minimum absolute atomic E-state index is 0.0831. The van der Waals surface area contributed by atoms with Crippen LogP contribution in [0.2, 0.25) is 0 Å². The van der Waals surface area contributed by atoms with Crippen molar-refractivity contribution in [3.8, 4) is 0 Å². The number of aliphatic imine (C=N–C) groups is 1. The number of halogens is 1. The third-order valence-corrected chi connectivity index (χ3v) is 18.8. The first-order valence-electron chi connectivity index (χ1n) is 18.1. The second-order valence-electron chi connectivity index (χ2n) is 15.9. The molecule has 0 aromatic carbocycles. The SMILES string of the molecule is CC1C=CC=NC1CC1(NC(=O)N[C@H](C(=O)N2CC[C@H](I3CCCC3)[C@H]2C(=O)NC(CC2CC2)C(=O)C(N)=O)C(C)(C)C)CCCCC1. The van der Waals surface area contributed by atoms with Gasteiger partial charge in [-0.15, -0.1) is 0 Å². The van der Waals surface area contributed by atoms with Crippen LogP contribution in [0.1, 0.15) is 105 Å². The maximum absolute atomic E-state index is 14.6. The monoisotopic (exact) mass is 780 g/mol. The number of ketones is 1. The number of Topliss-reactive ketones (excluding diaryl/α,β-unsaturated/α-hetero) is 1. The zero-order chi connectivity index (χ0) is 34.6. The van der Waals surface area contributed by atoms with Crippen LogP contribution in [0.4, 0.5) is 4.79 Å². The summed E-state index contributed by atoms with van der Waals surface area (Å²) in [6, 6.07) is -2.86. The first kappa shape index (κ1) is 36.8. The molecule has 4 fully saturated rings. The van der Waals surface area contributed by atoms with E-state index in [1.807, 2.05) is 33.1 Å². The molecular formula is C36H57IN6O5. The van der Waals surface area contributed by atoms with Gasteiger partial charge in [0.2, 0.25) is 0 Å². The van der Waals surface area contributed by atoms with Crippen molar-refractivity contribution in [1.82, 2.24) is 20.9 Å². The molecule has 0 aromatic rings. The molecule has 2 aliphatic carbocycles.